The van der Waals surface area contributed by atoms with E-state index in [0.717, 1.165) is 12.1 Å². The third-order valence-corrected chi connectivity index (χ3v) is 2.14. The number of halogens is 4. The number of benzene rings is 1. The number of carbonyl (C=O) groups is 1. The summed E-state index contributed by atoms with van der Waals surface area (Å²) in [6.45, 7) is -0.888. The monoisotopic (exact) mass is 249 g/mol. The lowest BCUT2D eigenvalue weighted by atomic mass is 10.1. The lowest BCUT2D eigenvalue weighted by molar-refractivity contribution is -0.137. The molecule has 0 aromatic heterocycles. The van der Waals surface area contributed by atoms with E-state index in [9.17, 15) is 22.4 Å². The maximum atomic E-state index is 12.2. The van der Waals surface area contributed by atoms with Gasteiger partial charge in [-0.25, -0.2) is 4.39 Å². The van der Waals surface area contributed by atoms with Gasteiger partial charge in [0.15, 0.2) is 6.67 Å². The molecule has 2 nitrogen and oxygen atoms in total. The number of nitrogens with one attached hydrogen (secondary N) is 1. The second-order valence-corrected chi connectivity index (χ2v) is 3.43. The van der Waals surface area contributed by atoms with Crippen LogP contribution in [0.5, 0.6) is 0 Å². The van der Waals surface area contributed by atoms with E-state index in [1.54, 1.807) is 0 Å². The molecule has 0 atom stereocenters. The van der Waals surface area contributed by atoms with Crippen LogP contribution in [0.2, 0.25) is 0 Å². The molecule has 0 heterocycles. The van der Waals surface area contributed by atoms with Crippen LogP contribution in [0, 0.1) is 0 Å². The van der Waals surface area contributed by atoms with Gasteiger partial charge < -0.3 is 5.32 Å². The SMILES string of the molecule is O=C(CF)NCCc1ccc(C(F)(F)F)cc1. The van der Waals surface area contributed by atoms with Crippen LogP contribution in [-0.4, -0.2) is 19.1 Å². The van der Waals surface area contributed by atoms with Crippen molar-refractivity contribution in [1.82, 2.24) is 5.32 Å². The molecule has 0 aliphatic rings. The summed E-state index contributed by atoms with van der Waals surface area (Å²) >= 11 is 0. The van der Waals surface area contributed by atoms with Crippen molar-refractivity contribution in [1.29, 1.82) is 0 Å². The van der Waals surface area contributed by atoms with Crippen molar-refractivity contribution in [2.24, 2.45) is 0 Å². The number of carbonyl (C=O) groups excluding carboxylic acids is 1. The van der Waals surface area contributed by atoms with Crippen molar-refractivity contribution in [3.63, 3.8) is 0 Å². The van der Waals surface area contributed by atoms with Gasteiger partial charge in [-0.05, 0) is 24.1 Å². The normalized spacial score (nSPS) is 11.3. The largest absolute Gasteiger partial charge is 0.416 e. The number of alkyl halides is 4. The second-order valence-electron chi connectivity index (χ2n) is 3.43. The van der Waals surface area contributed by atoms with Gasteiger partial charge in [0, 0.05) is 6.54 Å². The second kappa shape index (κ2) is 5.65. The highest BCUT2D eigenvalue weighted by Gasteiger charge is 2.29. The Labute approximate surface area is 95.6 Å². The van der Waals surface area contributed by atoms with Crippen molar-refractivity contribution in [2.45, 2.75) is 12.6 Å². The number of hydrogen-bond acceptors (Lipinski definition) is 1. The quantitative estimate of drug-likeness (QED) is 0.815. The zero-order valence-electron chi connectivity index (χ0n) is 8.85. The van der Waals surface area contributed by atoms with Gasteiger partial charge >= 0.3 is 6.18 Å². The minimum Gasteiger partial charge on any atom is -0.353 e. The molecule has 0 aliphatic heterocycles. The zero-order valence-corrected chi connectivity index (χ0v) is 8.85. The first-order valence-corrected chi connectivity index (χ1v) is 4.92. The molecule has 0 bridgehead atoms. The number of amides is 1. The first-order valence-electron chi connectivity index (χ1n) is 4.92. The van der Waals surface area contributed by atoms with Crippen molar-refractivity contribution in [3.05, 3.63) is 35.4 Å². The first-order chi connectivity index (χ1) is 7.93. The maximum absolute atomic E-state index is 12.2. The molecule has 6 heteroatoms. The summed E-state index contributed by atoms with van der Waals surface area (Å²) in [7, 11) is 0. The average molecular weight is 249 g/mol. The first kappa shape index (κ1) is 13.5. The molecule has 94 valence electrons. The predicted octanol–water partition coefficient (Wildman–Crippen LogP) is 2.33. The minimum atomic E-state index is -4.35. The molecule has 0 radical (unpaired) electrons. The zero-order chi connectivity index (χ0) is 12.9. The molecule has 0 unspecified atom stereocenters. The molecule has 1 aromatic rings. The maximum Gasteiger partial charge on any atom is 0.416 e. The summed E-state index contributed by atoms with van der Waals surface area (Å²) < 4.78 is 48.4. The molecule has 1 aromatic carbocycles. The topological polar surface area (TPSA) is 29.1 Å². The van der Waals surface area contributed by atoms with Crippen molar-refractivity contribution in [3.8, 4) is 0 Å². The van der Waals surface area contributed by atoms with Crippen LogP contribution in [0.3, 0.4) is 0 Å². The van der Waals surface area contributed by atoms with Crippen molar-refractivity contribution >= 4 is 5.91 Å². The van der Waals surface area contributed by atoms with Gasteiger partial charge in [-0.1, -0.05) is 12.1 Å². The Morgan fingerprint density at radius 3 is 2.24 bits per heavy atom. The highest BCUT2D eigenvalue weighted by Crippen LogP contribution is 2.29. The fourth-order valence-corrected chi connectivity index (χ4v) is 1.25. The molecule has 0 aliphatic carbocycles. The van der Waals surface area contributed by atoms with E-state index in [4.69, 9.17) is 0 Å². The lowest BCUT2D eigenvalue weighted by Crippen LogP contribution is -2.26. The Morgan fingerprint density at radius 1 is 1.18 bits per heavy atom. The van der Waals surface area contributed by atoms with Gasteiger partial charge in [0.2, 0.25) is 0 Å². The average Bonchev–Trinajstić information content (AvgIpc) is 2.28. The van der Waals surface area contributed by atoms with E-state index in [-0.39, 0.29) is 6.54 Å². The Kier molecular flexibility index (Phi) is 4.48. The van der Waals surface area contributed by atoms with Crippen LogP contribution >= 0.6 is 0 Å². The van der Waals surface area contributed by atoms with Crippen LogP contribution in [0.4, 0.5) is 17.6 Å². The fourth-order valence-electron chi connectivity index (χ4n) is 1.25. The van der Waals surface area contributed by atoms with Gasteiger partial charge in [0.1, 0.15) is 0 Å². The summed E-state index contributed by atoms with van der Waals surface area (Å²) in [5.41, 5.74) is -0.0637. The van der Waals surface area contributed by atoms with E-state index < -0.39 is 24.3 Å². The Hall–Kier alpha value is -1.59. The smallest absolute Gasteiger partial charge is 0.353 e. The molecule has 1 rings (SSSR count). The summed E-state index contributed by atoms with van der Waals surface area (Å²) in [6, 6.07) is 4.63. The third-order valence-electron chi connectivity index (χ3n) is 2.14. The van der Waals surface area contributed by atoms with Gasteiger partial charge in [0.25, 0.3) is 5.91 Å². The highest BCUT2D eigenvalue weighted by molar-refractivity contribution is 5.76. The summed E-state index contributed by atoms with van der Waals surface area (Å²) in [4.78, 5) is 10.6. The number of hydrogen-bond donors (Lipinski definition) is 1. The highest BCUT2D eigenvalue weighted by atomic mass is 19.4. The molecular formula is C11H11F4NO. The van der Waals surface area contributed by atoms with Crippen LogP contribution in [0.15, 0.2) is 24.3 Å². The molecule has 0 spiro atoms. The molecule has 1 amide bonds. The molecule has 0 saturated carbocycles. The Balaban J connectivity index is 2.49. The number of rotatable bonds is 4. The molecular weight excluding hydrogens is 238 g/mol. The van der Waals surface area contributed by atoms with E-state index >= 15 is 0 Å². The lowest BCUT2D eigenvalue weighted by Gasteiger charge is -2.07. The van der Waals surface area contributed by atoms with Crippen LogP contribution in [-0.2, 0) is 17.4 Å². The molecule has 1 N–H and O–H groups in total. The molecule has 0 saturated heterocycles. The molecule has 17 heavy (non-hydrogen) atoms. The van der Waals surface area contributed by atoms with Gasteiger partial charge in [-0.3, -0.25) is 4.79 Å². The summed E-state index contributed by atoms with van der Waals surface area (Å²) in [5, 5.41) is 2.29. The Bertz CT molecular complexity index is 372. The van der Waals surface area contributed by atoms with Crippen molar-refractivity contribution in [2.75, 3.05) is 13.2 Å². The Morgan fingerprint density at radius 2 is 1.76 bits per heavy atom. The van der Waals surface area contributed by atoms with Gasteiger partial charge in [-0.15, -0.1) is 0 Å². The van der Waals surface area contributed by atoms with Gasteiger partial charge in [0.05, 0.1) is 5.56 Å². The van der Waals surface area contributed by atoms with E-state index in [1.165, 1.54) is 12.1 Å². The van der Waals surface area contributed by atoms with E-state index in [2.05, 4.69) is 5.32 Å². The van der Waals surface area contributed by atoms with Crippen LogP contribution < -0.4 is 5.32 Å². The predicted molar refractivity (Wildman–Crippen MR) is 54.1 cm³/mol. The fraction of sp³-hybridized carbons (Fsp3) is 0.364. The van der Waals surface area contributed by atoms with E-state index in [0.29, 0.717) is 12.0 Å². The standard InChI is InChI=1S/C11H11F4NO/c12-7-10(17)16-6-5-8-1-3-9(4-2-8)11(13,14)15/h1-4H,5-7H2,(H,16,17). The minimum absolute atomic E-state index is 0.202. The summed E-state index contributed by atoms with van der Waals surface area (Å²) in [6.07, 6.45) is -3.98. The third kappa shape index (κ3) is 4.42. The van der Waals surface area contributed by atoms with Crippen LogP contribution in [0.25, 0.3) is 0 Å². The van der Waals surface area contributed by atoms with Crippen molar-refractivity contribution < 1.29 is 22.4 Å². The van der Waals surface area contributed by atoms with Crippen LogP contribution in [0.1, 0.15) is 11.1 Å². The summed E-state index contributed by atoms with van der Waals surface area (Å²) in [5.74, 6) is -0.725. The molecule has 0 fully saturated rings. The van der Waals surface area contributed by atoms with Gasteiger partial charge in [-0.2, -0.15) is 13.2 Å². The van der Waals surface area contributed by atoms with E-state index in [1.807, 2.05) is 0 Å².